The van der Waals surface area contributed by atoms with Crippen molar-refractivity contribution in [2.24, 2.45) is 0 Å². The van der Waals surface area contributed by atoms with Crippen molar-refractivity contribution in [2.45, 2.75) is 32.2 Å². The van der Waals surface area contributed by atoms with Crippen LogP contribution in [0.15, 0.2) is 27.2 Å². The number of nitrogens with one attached hydrogen (secondary N) is 2. The molecule has 0 radical (unpaired) electrons. The fourth-order valence-electron chi connectivity index (χ4n) is 2.50. The Balaban J connectivity index is 1.63. The molecule has 112 valence electrons. The first-order valence-corrected chi connectivity index (χ1v) is 7.22. The monoisotopic (exact) mass is 289 g/mol. The molecule has 1 atom stereocenters. The van der Waals surface area contributed by atoms with Crippen LogP contribution in [0.5, 0.6) is 0 Å². The number of carbonyl (C=O) groups is 1. The van der Waals surface area contributed by atoms with Gasteiger partial charge in [-0.3, -0.25) is 4.79 Å². The molecule has 0 spiro atoms. The van der Waals surface area contributed by atoms with E-state index in [4.69, 9.17) is 8.83 Å². The highest BCUT2D eigenvalue weighted by Crippen LogP contribution is 2.22. The van der Waals surface area contributed by atoms with Crippen molar-refractivity contribution in [3.05, 3.63) is 29.9 Å². The van der Waals surface area contributed by atoms with Crippen LogP contribution in [0.4, 0.5) is 0 Å². The van der Waals surface area contributed by atoms with Gasteiger partial charge in [-0.05, 0) is 38.4 Å². The second-order valence-corrected chi connectivity index (χ2v) is 5.29. The summed E-state index contributed by atoms with van der Waals surface area (Å²) in [6.07, 6.45) is 3.91. The summed E-state index contributed by atoms with van der Waals surface area (Å²) in [6.45, 7) is 3.67. The lowest BCUT2D eigenvalue weighted by Gasteiger charge is -2.23. The van der Waals surface area contributed by atoms with Gasteiger partial charge in [-0.25, -0.2) is 4.98 Å². The quantitative estimate of drug-likeness (QED) is 0.894. The number of rotatable bonds is 4. The molecule has 2 aromatic rings. The van der Waals surface area contributed by atoms with E-state index < -0.39 is 0 Å². The van der Waals surface area contributed by atoms with E-state index in [1.165, 1.54) is 0 Å². The van der Waals surface area contributed by atoms with E-state index in [0.29, 0.717) is 23.1 Å². The molecule has 21 heavy (non-hydrogen) atoms. The molecule has 1 unspecified atom stereocenters. The predicted octanol–water partition coefficient (Wildman–Crippen LogP) is 1.65. The van der Waals surface area contributed by atoms with Gasteiger partial charge in [0.05, 0.1) is 18.4 Å². The molecular formula is C15H19N3O3. The van der Waals surface area contributed by atoms with Crippen LogP contribution in [0.1, 0.15) is 24.3 Å². The van der Waals surface area contributed by atoms with E-state index in [-0.39, 0.29) is 18.4 Å². The Bertz CT molecular complexity index is 598. The van der Waals surface area contributed by atoms with Crippen LogP contribution in [-0.2, 0) is 11.2 Å². The van der Waals surface area contributed by atoms with Gasteiger partial charge in [0.15, 0.2) is 5.76 Å². The summed E-state index contributed by atoms with van der Waals surface area (Å²) in [5.74, 6) is 1.62. The van der Waals surface area contributed by atoms with Crippen molar-refractivity contribution < 1.29 is 13.6 Å². The van der Waals surface area contributed by atoms with E-state index in [1.807, 2.05) is 6.92 Å². The van der Waals surface area contributed by atoms with E-state index in [2.05, 4.69) is 15.6 Å². The summed E-state index contributed by atoms with van der Waals surface area (Å²) in [7, 11) is 0. The van der Waals surface area contributed by atoms with Gasteiger partial charge in [-0.15, -0.1) is 0 Å². The molecule has 2 aromatic heterocycles. The third kappa shape index (κ3) is 3.33. The first-order valence-electron chi connectivity index (χ1n) is 7.22. The average Bonchev–Trinajstić information content (AvgIpc) is 3.10. The number of piperidine rings is 1. The maximum atomic E-state index is 12.1. The highest BCUT2D eigenvalue weighted by molar-refractivity contribution is 5.78. The number of oxazole rings is 1. The molecule has 1 aliphatic rings. The third-order valence-corrected chi connectivity index (χ3v) is 3.61. The molecule has 6 nitrogen and oxygen atoms in total. The smallest absolute Gasteiger partial charge is 0.263 e. The maximum absolute atomic E-state index is 12.1. The van der Waals surface area contributed by atoms with Gasteiger partial charge in [-0.1, -0.05) is 0 Å². The summed E-state index contributed by atoms with van der Waals surface area (Å²) in [5, 5.41) is 6.31. The largest absolute Gasteiger partial charge is 0.459 e. The van der Waals surface area contributed by atoms with Gasteiger partial charge in [0.25, 0.3) is 5.89 Å². The molecule has 1 fully saturated rings. The van der Waals surface area contributed by atoms with Gasteiger partial charge in [-0.2, -0.15) is 0 Å². The molecular weight excluding hydrogens is 270 g/mol. The number of nitrogens with zero attached hydrogens (tertiary/aromatic N) is 1. The van der Waals surface area contributed by atoms with E-state index in [0.717, 1.165) is 25.9 Å². The molecule has 3 rings (SSSR count). The van der Waals surface area contributed by atoms with Crippen LogP contribution in [0, 0.1) is 6.92 Å². The Morgan fingerprint density at radius 1 is 1.57 bits per heavy atom. The minimum absolute atomic E-state index is 0.0221. The number of carbonyl (C=O) groups excluding carboxylic acids is 1. The lowest BCUT2D eigenvalue weighted by atomic mass is 10.1. The number of hydrogen-bond acceptors (Lipinski definition) is 5. The fraction of sp³-hybridized carbons (Fsp3) is 0.467. The second-order valence-electron chi connectivity index (χ2n) is 5.29. The summed E-state index contributed by atoms with van der Waals surface area (Å²) in [4.78, 5) is 16.4. The normalized spacial score (nSPS) is 18.6. The lowest BCUT2D eigenvalue weighted by Crippen LogP contribution is -2.46. The van der Waals surface area contributed by atoms with Crippen LogP contribution < -0.4 is 10.6 Å². The van der Waals surface area contributed by atoms with E-state index in [1.54, 1.807) is 18.4 Å². The zero-order chi connectivity index (χ0) is 14.7. The first-order chi connectivity index (χ1) is 10.2. The summed E-state index contributed by atoms with van der Waals surface area (Å²) in [5.41, 5.74) is 0.655. The van der Waals surface area contributed by atoms with Gasteiger partial charge in [0.1, 0.15) is 5.76 Å². The van der Waals surface area contributed by atoms with Crippen LogP contribution >= 0.6 is 0 Å². The van der Waals surface area contributed by atoms with Crippen LogP contribution in [0.3, 0.4) is 0 Å². The van der Waals surface area contributed by atoms with Crippen molar-refractivity contribution >= 4 is 5.91 Å². The molecule has 0 bridgehead atoms. The standard InChI is InChI=1S/C15H19N3O3/c1-10-12(18-15(21-10)13-5-3-7-20-13)8-14(19)17-11-4-2-6-16-9-11/h3,5,7,11,16H,2,4,6,8-9H2,1H3,(H,17,19). The Labute approximate surface area is 122 Å². The van der Waals surface area contributed by atoms with Crippen LogP contribution in [0.25, 0.3) is 11.7 Å². The number of aromatic nitrogens is 1. The summed E-state index contributed by atoms with van der Waals surface area (Å²) < 4.78 is 10.8. The molecule has 0 saturated carbocycles. The summed E-state index contributed by atoms with van der Waals surface area (Å²) in [6, 6.07) is 3.77. The number of hydrogen-bond donors (Lipinski definition) is 2. The summed E-state index contributed by atoms with van der Waals surface area (Å²) >= 11 is 0. The predicted molar refractivity (Wildman–Crippen MR) is 76.7 cm³/mol. The molecule has 1 aliphatic heterocycles. The van der Waals surface area contributed by atoms with Crippen LogP contribution in [0.2, 0.25) is 0 Å². The number of aryl methyl sites for hydroxylation is 1. The van der Waals surface area contributed by atoms with Crippen molar-refractivity contribution in [1.82, 2.24) is 15.6 Å². The SMILES string of the molecule is Cc1oc(-c2ccco2)nc1CC(=O)NC1CCCNC1. The zero-order valence-corrected chi connectivity index (χ0v) is 12.0. The first kappa shape index (κ1) is 13.9. The average molecular weight is 289 g/mol. The Morgan fingerprint density at radius 2 is 2.48 bits per heavy atom. The second kappa shape index (κ2) is 6.13. The van der Waals surface area contributed by atoms with Gasteiger partial charge < -0.3 is 19.5 Å². The Kier molecular flexibility index (Phi) is 4.06. The number of furan rings is 1. The lowest BCUT2D eigenvalue weighted by molar-refractivity contribution is -0.121. The molecule has 1 saturated heterocycles. The van der Waals surface area contributed by atoms with Gasteiger partial charge in [0, 0.05) is 12.6 Å². The third-order valence-electron chi connectivity index (χ3n) is 3.61. The van der Waals surface area contributed by atoms with E-state index >= 15 is 0 Å². The van der Waals surface area contributed by atoms with Gasteiger partial charge in [0.2, 0.25) is 5.91 Å². The minimum Gasteiger partial charge on any atom is -0.459 e. The zero-order valence-electron chi connectivity index (χ0n) is 12.0. The molecule has 1 amide bonds. The molecule has 0 aromatic carbocycles. The van der Waals surface area contributed by atoms with Crippen molar-refractivity contribution in [3.63, 3.8) is 0 Å². The van der Waals surface area contributed by atoms with Crippen LogP contribution in [-0.4, -0.2) is 30.0 Å². The van der Waals surface area contributed by atoms with Crippen molar-refractivity contribution in [3.8, 4) is 11.7 Å². The fourth-order valence-corrected chi connectivity index (χ4v) is 2.50. The van der Waals surface area contributed by atoms with Gasteiger partial charge >= 0.3 is 0 Å². The maximum Gasteiger partial charge on any atom is 0.263 e. The van der Waals surface area contributed by atoms with Crippen molar-refractivity contribution in [1.29, 1.82) is 0 Å². The molecule has 0 aliphatic carbocycles. The Morgan fingerprint density at radius 3 is 3.19 bits per heavy atom. The highest BCUT2D eigenvalue weighted by Gasteiger charge is 2.19. The minimum atomic E-state index is -0.0221. The molecule has 2 N–H and O–H groups in total. The van der Waals surface area contributed by atoms with Crippen molar-refractivity contribution in [2.75, 3.05) is 13.1 Å². The topological polar surface area (TPSA) is 80.3 Å². The van der Waals surface area contributed by atoms with E-state index in [9.17, 15) is 4.79 Å². The highest BCUT2D eigenvalue weighted by atomic mass is 16.4. The molecule has 3 heterocycles. The Hall–Kier alpha value is -2.08. The number of amides is 1. The molecule has 6 heteroatoms.